The molecule has 4 nitrogen and oxygen atoms in total. The Bertz CT molecular complexity index is 437. The summed E-state index contributed by atoms with van der Waals surface area (Å²) < 4.78 is 18.8. The first-order valence-corrected chi connectivity index (χ1v) is 6.29. The van der Waals surface area contributed by atoms with Crippen molar-refractivity contribution in [2.24, 2.45) is 0 Å². The highest BCUT2D eigenvalue weighted by molar-refractivity contribution is 5.88. The number of halogens is 1. The van der Waals surface area contributed by atoms with E-state index >= 15 is 0 Å². The van der Waals surface area contributed by atoms with E-state index in [1.165, 1.54) is 12.1 Å². The van der Waals surface area contributed by atoms with Gasteiger partial charge in [0.05, 0.1) is 12.2 Å². The molecule has 0 saturated carbocycles. The van der Waals surface area contributed by atoms with Crippen LogP contribution in [0.4, 0.5) is 10.1 Å². The lowest BCUT2D eigenvalue weighted by Crippen LogP contribution is -2.35. The van der Waals surface area contributed by atoms with Crippen LogP contribution in [-0.2, 0) is 4.74 Å². The predicted molar refractivity (Wildman–Crippen MR) is 72.3 cm³/mol. The average Bonchev–Trinajstić information content (AvgIpc) is 2.38. The topological polar surface area (TPSA) is 49.8 Å². The van der Waals surface area contributed by atoms with Gasteiger partial charge in [-0.3, -0.25) is 0 Å². The lowest BCUT2D eigenvalue weighted by Gasteiger charge is -2.30. The number of hydrogen-bond donors (Lipinski definition) is 1. The number of carboxylic acids is 1. The molecule has 1 aromatic rings. The van der Waals surface area contributed by atoms with Crippen LogP contribution in [0.3, 0.4) is 0 Å². The van der Waals surface area contributed by atoms with Gasteiger partial charge in [0.2, 0.25) is 0 Å². The fraction of sp³-hybridized carbons (Fsp3) is 0.500. The highest BCUT2D eigenvalue weighted by Gasteiger charge is 2.16. The maximum absolute atomic E-state index is 13.7. The van der Waals surface area contributed by atoms with Crippen LogP contribution in [0.1, 0.15) is 30.6 Å². The largest absolute Gasteiger partial charge is 0.478 e. The maximum atomic E-state index is 13.7. The summed E-state index contributed by atoms with van der Waals surface area (Å²) in [6, 6.07) is 4.43. The van der Waals surface area contributed by atoms with Gasteiger partial charge in [0.15, 0.2) is 0 Å². The number of rotatable bonds is 7. The smallest absolute Gasteiger partial charge is 0.338 e. The first-order chi connectivity index (χ1) is 9.01. The molecule has 0 spiro atoms. The third kappa shape index (κ3) is 3.92. The number of aromatic carboxylic acids is 1. The molecule has 0 saturated heterocycles. The summed E-state index contributed by atoms with van der Waals surface area (Å²) in [5.74, 6) is -1.97. The number of carboxylic acid groups (broad SMARTS) is 1. The molecule has 0 aliphatic rings. The van der Waals surface area contributed by atoms with Gasteiger partial charge in [0, 0.05) is 25.4 Å². The van der Waals surface area contributed by atoms with Crippen molar-refractivity contribution in [1.29, 1.82) is 0 Å². The molecule has 0 amide bonds. The molecule has 1 atom stereocenters. The highest BCUT2D eigenvalue weighted by atomic mass is 19.1. The minimum Gasteiger partial charge on any atom is -0.478 e. The van der Waals surface area contributed by atoms with E-state index < -0.39 is 11.8 Å². The Kier molecular flexibility index (Phi) is 5.76. The minimum absolute atomic E-state index is 0.227. The van der Waals surface area contributed by atoms with Gasteiger partial charge in [0.25, 0.3) is 0 Å². The zero-order valence-corrected chi connectivity index (χ0v) is 11.5. The third-order valence-electron chi connectivity index (χ3n) is 3.17. The van der Waals surface area contributed by atoms with Crippen LogP contribution < -0.4 is 4.90 Å². The van der Waals surface area contributed by atoms with E-state index in [9.17, 15) is 9.18 Å². The van der Waals surface area contributed by atoms with E-state index in [1.807, 2.05) is 18.7 Å². The molecule has 19 heavy (non-hydrogen) atoms. The molecule has 0 fully saturated rings. The summed E-state index contributed by atoms with van der Waals surface area (Å²) in [5.41, 5.74) is 0.369. The molecule has 0 bridgehead atoms. The van der Waals surface area contributed by atoms with Crippen molar-refractivity contribution in [3.63, 3.8) is 0 Å². The van der Waals surface area contributed by atoms with Crippen molar-refractivity contribution >= 4 is 11.7 Å². The fourth-order valence-corrected chi connectivity index (χ4v) is 1.87. The van der Waals surface area contributed by atoms with Gasteiger partial charge in [-0.1, -0.05) is 6.92 Å². The fourth-order valence-electron chi connectivity index (χ4n) is 1.87. The van der Waals surface area contributed by atoms with Crippen LogP contribution in [0.25, 0.3) is 0 Å². The SMILES string of the molecule is CCC(C)N(CCOC)c1ccc(C(=O)O)c(F)c1. The molecule has 1 unspecified atom stereocenters. The summed E-state index contributed by atoms with van der Waals surface area (Å²) >= 11 is 0. The molecule has 0 aromatic heterocycles. The van der Waals surface area contributed by atoms with Crippen molar-refractivity contribution in [3.05, 3.63) is 29.6 Å². The second-order valence-electron chi connectivity index (χ2n) is 4.41. The highest BCUT2D eigenvalue weighted by Crippen LogP contribution is 2.21. The molecule has 1 rings (SSSR count). The molecule has 0 aliphatic heterocycles. The third-order valence-corrected chi connectivity index (χ3v) is 3.17. The molecule has 1 N–H and O–H groups in total. The monoisotopic (exact) mass is 269 g/mol. The van der Waals surface area contributed by atoms with Crippen molar-refractivity contribution in [3.8, 4) is 0 Å². The minimum atomic E-state index is -1.25. The van der Waals surface area contributed by atoms with Crippen LogP contribution in [0.15, 0.2) is 18.2 Å². The summed E-state index contributed by atoms with van der Waals surface area (Å²) in [6.45, 7) is 5.26. The lowest BCUT2D eigenvalue weighted by molar-refractivity contribution is 0.0692. The second-order valence-corrected chi connectivity index (χ2v) is 4.41. The Balaban J connectivity index is 3.02. The van der Waals surface area contributed by atoms with E-state index in [0.29, 0.717) is 18.8 Å². The van der Waals surface area contributed by atoms with E-state index in [-0.39, 0.29) is 11.6 Å². The molecule has 1 aromatic carbocycles. The van der Waals surface area contributed by atoms with Gasteiger partial charge in [0.1, 0.15) is 5.82 Å². The predicted octanol–water partition coefficient (Wildman–Crippen LogP) is 2.78. The van der Waals surface area contributed by atoms with E-state index in [4.69, 9.17) is 9.84 Å². The Morgan fingerprint density at radius 3 is 2.68 bits per heavy atom. The quantitative estimate of drug-likeness (QED) is 0.827. The Morgan fingerprint density at radius 1 is 1.53 bits per heavy atom. The number of nitrogens with zero attached hydrogens (tertiary/aromatic N) is 1. The first-order valence-electron chi connectivity index (χ1n) is 6.29. The summed E-state index contributed by atoms with van der Waals surface area (Å²) in [6.07, 6.45) is 0.909. The Labute approximate surface area is 112 Å². The van der Waals surface area contributed by atoms with Crippen LogP contribution in [0, 0.1) is 5.82 Å². The molecule has 0 aliphatic carbocycles. The summed E-state index contributed by atoms with van der Waals surface area (Å²) in [4.78, 5) is 12.8. The van der Waals surface area contributed by atoms with Crippen LogP contribution in [-0.4, -0.2) is 37.4 Å². The zero-order chi connectivity index (χ0) is 14.4. The maximum Gasteiger partial charge on any atom is 0.338 e. The number of carbonyl (C=O) groups is 1. The molecule has 5 heteroatoms. The van der Waals surface area contributed by atoms with Crippen molar-refractivity contribution in [2.45, 2.75) is 26.3 Å². The van der Waals surface area contributed by atoms with Gasteiger partial charge in [-0.05, 0) is 31.5 Å². The van der Waals surface area contributed by atoms with Crippen molar-refractivity contribution < 1.29 is 19.0 Å². The van der Waals surface area contributed by atoms with Gasteiger partial charge in [-0.15, -0.1) is 0 Å². The summed E-state index contributed by atoms with van der Waals surface area (Å²) in [7, 11) is 1.61. The van der Waals surface area contributed by atoms with Crippen LogP contribution in [0.2, 0.25) is 0 Å². The zero-order valence-electron chi connectivity index (χ0n) is 11.5. The van der Waals surface area contributed by atoms with E-state index in [2.05, 4.69) is 0 Å². The molecule has 0 heterocycles. The molecule has 0 radical (unpaired) electrons. The molecule has 106 valence electrons. The Hall–Kier alpha value is -1.62. The normalized spacial score (nSPS) is 12.2. The molecular weight excluding hydrogens is 249 g/mol. The second kappa shape index (κ2) is 7.09. The van der Waals surface area contributed by atoms with Crippen molar-refractivity contribution in [1.82, 2.24) is 0 Å². The number of benzene rings is 1. The van der Waals surface area contributed by atoms with E-state index in [0.717, 1.165) is 6.42 Å². The average molecular weight is 269 g/mol. The lowest BCUT2D eigenvalue weighted by atomic mass is 10.1. The van der Waals surface area contributed by atoms with Crippen LogP contribution in [0.5, 0.6) is 0 Å². The molecular formula is C14H20FNO3. The number of ether oxygens (including phenoxy) is 1. The number of hydrogen-bond acceptors (Lipinski definition) is 3. The van der Waals surface area contributed by atoms with E-state index in [1.54, 1.807) is 13.2 Å². The van der Waals surface area contributed by atoms with Crippen molar-refractivity contribution in [2.75, 3.05) is 25.2 Å². The van der Waals surface area contributed by atoms with Gasteiger partial charge in [-0.25, -0.2) is 9.18 Å². The van der Waals surface area contributed by atoms with Gasteiger partial charge < -0.3 is 14.7 Å². The number of methoxy groups -OCH3 is 1. The summed E-state index contributed by atoms with van der Waals surface area (Å²) in [5, 5.41) is 8.82. The number of anilines is 1. The first kappa shape index (κ1) is 15.4. The Morgan fingerprint density at radius 2 is 2.21 bits per heavy atom. The van der Waals surface area contributed by atoms with Gasteiger partial charge >= 0.3 is 5.97 Å². The van der Waals surface area contributed by atoms with Gasteiger partial charge in [-0.2, -0.15) is 0 Å². The van der Waals surface area contributed by atoms with Crippen LogP contribution >= 0.6 is 0 Å². The standard InChI is InChI=1S/C14H20FNO3/c1-4-10(2)16(7-8-19-3)11-5-6-12(14(17)18)13(15)9-11/h5-6,9-10H,4,7-8H2,1-3H3,(H,17,18).